The summed E-state index contributed by atoms with van der Waals surface area (Å²) in [7, 11) is 0. The molecule has 0 saturated carbocycles. The third kappa shape index (κ3) is 3.23. The van der Waals surface area contributed by atoms with Crippen molar-refractivity contribution < 1.29 is 13.5 Å². The van der Waals surface area contributed by atoms with E-state index >= 15 is 0 Å². The average Bonchev–Trinajstić information content (AvgIpc) is 2.41. The van der Waals surface area contributed by atoms with Crippen molar-refractivity contribution in [3.8, 4) is 5.75 Å². The maximum atomic E-state index is 13.6. The molecule has 6 heteroatoms. The van der Waals surface area contributed by atoms with Crippen LogP contribution in [0, 0.1) is 11.6 Å². The highest BCUT2D eigenvalue weighted by Crippen LogP contribution is 2.25. The number of hydrogen-bond acceptors (Lipinski definition) is 2. The van der Waals surface area contributed by atoms with Gasteiger partial charge >= 0.3 is 0 Å². The zero-order valence-corrected chi connectivity index (χ0v) is 11.8. The number of halogens is 3. The van der Waals surface area contributed by atoms with Crippen molar-refractivity contribution >= 4 is 28.8 Å². The number of rotatable bonds is 4. The molecular formula is C14H10ClF2NOS. The zero-order chi connectivity index (χ0) is 14.7. The smallest absolute Gasteiger partial charge is 0.183 e. The van der Waals surface area contributed by atoms with E-state index in [-0.39, 0.29) is 27.9 Å². The van der Waals surface area contributed by atoms with Crippen molar-refractivity contribution in [3.05, 3.63) is 64.2 Å². The van der Waals surface area contributed by atoms with Gasteiger partial charge in [0.25, 0.3) is 0 Å². The van der Waals surface area contributed by atoms with E-state index in [2.05, 4.69) is 0 Å². The SMILES string of the molecule is NC(=S)c1cc(COc2cccc(Cl)c2F)ccc1F. The van der Waals surface area contributed by atoms with Crippen LogP contribution in [-0.2, 0) is 6.61 Å². The lowest BCUT2D eigenvalue weighted by Crippen LogP contribution is -2.12. The standard InChI is InChI=1S/C14H10ClF2NOS/c15-10-2-1-3-12(13(10)17)19-7-8-4-5-11(16)9(6-8)14(18)20/h1-6H,7H2,(H2,18,20). The minimum atomic E-state index is -0.633. The van der Waals surface area contributed by atoms with Crippen LogP contribution in [-0.4, -0.2) is 4.99 Å². The van der Waals surface area contributed by atoms with Gasteiger partial charge in [0.15, 0.2) is 11.6 Å². The molecule has 104 valence electrons. The molecule has 0 heterocycles. The fourth-order valence-electron chi connectivity index (χ4n) is 1.61. The van der Waals surface area contributed by atoms with Crippen molar-refractivity contribution in [2.45, 2.75) is 6.61 Å². The molecule has 2 aromatic rings. The lowest BCUT2D eigenvalue weighted by molar-refractivity contribution is 0.290. The molecule has 0 atom stereocenters. The van der Waals surface area contributed by atoms with Gasteiger partial charge in [0.2, 0.25) is 0 Å². The van der Waals surface area contributed by atoms with Crippen molar-refractivity contribution in [3.63, 3.8) is 0 Å². The molecule has 0 aliphatic carbocycles. The molecule has 2 rings (SSSR count). The van der Waals surface area contributed by atoms with Gasteiger partial charge in [-0.1, -0.05) is 36.0 Å². The number of ether oxygens (including phenoxy) is 1. The summed E-state index contributed by atoms with van der Waals surface area (Å²) in [5.74, 6) is -1.11. The molecule has 0 amide bonds. The van der Waals surface area contributed by atoms with Gasteiger partial charge in [-0.3, -0.25) is 0 Å². The molecule has 0 spiro atoms. The topological polar surface area (TPSA) is 35.2 Å². The molecule has 0 bridgehead atoms. The number of benzene rings is 2. The van der Waals surface area contributed by atoms with Gasteiger partial charge in [0.05, 0.1) is 5.02 Å². The first-order valence-corrected chi connectivity index (χ1v) is 6.42. The zero-order valence-electron chi connectivity index (χ0n) is 10.2. The predicted octanol–water partition coefficient (Wildman–Crippen LogP) is 3.83. The summed E-state index contributed by atoms with van der Waals surface area (Å²) < 4.78 is 32.3. The first kappa shape index (κ1) is 14.7. The quantitative estimate of drug-likeness (QED) is 0.871. The second-order valence-corrected chi connectivity index (χ2v) is 4.87. The van der Waals surface area contributed by atoms with Gasteiger partial charge in [-0.15, -0.1) is 0 Å². The van der Waals surface area contributed by atoms with Crippen LogP contribution in [0.4, 0.5) is 8.78 Å². The van der Waals surface area contributed by atoms with Gasteiger partial charge in [-0.25, -0.2) is 8.78 Å². The second kappa shape index (κ2) is 6.15. The van der Waals surface area contributed by atoms with E-state index in [0.29, 0.717) is 5.56 Å². The lowest BCUT2D eigenvalue weighted by Gasteiger charge is -2.09. The van der Waals surface area contributed by atoms with Gasteiger partial charge < -0.3 is 10.5 Å². The molecule has 0 aliphatic heterocycles. The molecule has 0 aromatic heterocycles. The molecule has 2 aromatic carbocycles. The van der Waals surface area contributed by atoms with E-state index in [1.165, 1.54) is 30.3 Å². The molecule has 0 unspecified atom stereocenters. The van der Waals surface area contributed by atoms with Crippen LogP contribution in [0.1, 0.15) is 11.1 Å². The fraction of sp³-hybridized carbons (Fsp3) is 0.0714. The number of nitrogens with two attached hydrogens (primary N) is 1. The summed E-state index contributed by atoms with van der Waals surface area (Å²) in [5, 5.41) is -0.0227. The highest BCUT2D eigenvalue weighted by Gasteiger charge is 2.09. The normalized spacial score (nSPS) is 10.3. The third-order valence-corrected chi connectivity index (χ3v) is 3.12. The Bertz CT molecular complexity index is 664. The van der Waals surface area contributed by atoms with Crippen LogP contribution in [0.2, 0.25) is 5.02 Å². The van der Waals surface area contributed by atoms with Gasteiger partial charge in [-0.2, -0.15) is 0 Å². The van der Waals surface area contributed by atoms with Crippen LogP contribution in [0.3, 0.4) is 0 Å². The van der Waals surface area contributed by atoms with Crippen molar-refractivity contribution in [2.24, 2.45) is 5.73 Å². The number of hydrogen-bond donors (Lipinski definition) is 1. The molecule has 0 aliphatic rings. The molecule has 2 N–H and O–H groups in total. The molecule has 0 fully saturated rings. The maximum Gasteiger partial charge on any atom is 0.183 e. The van der Waals surface area contributed by atoms with Crippen LogP contribution >= 0.6 is 23.8 Å². The Morgan fingerprint density at radius 2 is 2.00 bits per heavy atom. The fourth-order valence-corrected chi connectivity index (χ4v) is 1.93. The van der Waals surface area contributed by atoms with Crippen molar-refractivity contribution in [1.29, 1.82) is 0 Å². The second-order valence-electron chi connectivity index (χ2n) is 4.02. The Morgan fingerprint density at radius 3 is 2.70 bits per heavy atom. The summed E-state index contributed by atoms with van der Waals surface area (Å²) in [4.78, 5) is -0.0433. The highest BCUT2D eigenvalue weighted by atomic mass is 35.5. The minimum absolute atomic E-state index is 0.0227. The highest BCUT2D eigenvalue weighted by molar-refractivity contribution is 7.80. The Labute approximate surface area is 125 Å². The van der Waals surface area contributed by atoms with E-state index in [4.69, 9.17) is 34.3 Å². The van der Waals surface area contributed by atoms with E-state index in [0.717, 1.165) is 0 Å². The van der Waals surface area contributed by atoms with Crippen LogP contribution in [0.25, 0.3) is 0 Å². The molecule has 0 saturated heterocycles. The Kier molecular flexibility index (Phi) is 4.52. The Morgan fingerprint density at radius 1 is 1.25 bits per heavy atom. The molecule has 0 radical (unpaired) electrons. The van der Waals surface area contributed by atoms with Gasteiger partial charge in [0, 0.05) is 5.56 Å². The molecule has 20 heavy (non-hydrogen) atoms. The first-order chi connectivity index (χ1) is 9.49. The first-order valence-electron chi connectivity index (χ1n) is 5.64. The Balaban J connectivity index is 2.17. The average molecular weight is 314 g/mol. The van der Waals surface area contributed by atoms with Crippen molar-refractivity contribution in [1.82, 2.24) is 0 Å². The molecular weight excluding hydrogens is 304 g/mol. The van der Waals surface area contributed by atoms with Gasteiger partial charge in [-0.05, 0) is 29.8 Å². The maximum absolute atomic E-state index is 13.6. The Hall–Kier alpha value is -1.72. The summed E-state index contributed by atoms with van der Waals surface area (Å²) in [6.07, 6.45) is 0. The van der Waals surface area contributed by atoms with E-state index in [1.54, 1.807) is 6.07 Å². The number of thiocarbonyl (C=S) groups is 1. The van der Waals surface area contributed by atoms with E-state index < -0.39 is 11.6 Å². The summed E-state index contributed by atoms with van der Waals surface area (Å²) in [6.45, 7) is 0.0488. The van der Waals surface area contributed by atoms with Crippen LogP contribution in [0.15, 0.2) is 36.4 Å². The predicted molar refractivity (Wildman–Crippen MR) is 78.0 cm³/mol. The summed E-state index contributed by atoms with van der Waals surface area (Å²) in [6, 6.07) is 8.68. The third-order valence-electron chi connectivity index (χ3n) is 2.61. The van der Waals surface area contributed by atoms with E-state index in [1.807, 2.05) is 0 Å². The van der Waals surface area contributed by atoms with Gasteiger partial charge in [0.1, 0.15) is 17.4 Å². The van der Waals surface area contributed by atoms with Crippen molar-refractivity contribution in [2.75, 3.05) is 0 Å². The van der Waals surface area contributed by atoms with E-state index in [9.17, 15) is 8.78 Å². The summed E-state index contributed by atoms with van der Waals surface area (Å²) >= 11 is 10.4. The lowest BCUT2D eigenvalue weighted by atomic mass is 10.1. The summed E-state index contributed by atoms with van der Waals surface area (Å²) in [5.41, 5.74) is 6.16. The largest absolute Gasteiger partial charge is 0.486 e. The van der Waals surface area contributed by atoms with Crippen LogP contribution < -0.4 is 10.5 Å². The molecule has 2 nitrogen and oxygen atoms in total. The monoisotopic (exact) mass is 313 g/mol. The minimum Gasteiger partial charge on any atom is -0.486 e. The van der Waals surface area contributed by atoms with Crippen LogP contribution in [0.5, 0.6) is 5.75 Å².